The zero-order chi connectivity index (χ0) is 20.1. The Morgan fingerprint density at radius 2 is 1.82 bits per heavy atom. The third kappa shape index (κ3) is 4.22. The van der Waals surface area contributed by atoms with Crippen LogP contribution in [0.2, 0.25) is 0 Å². The molecule has 1 aromatic heterocycles. The fraction of sp³-hybridized carbons (Fsp3) is 0.100. The van der Waals surface area contributed by atoms with Crippen LogP contribution in [0.25, 0.3) is 0 Å². The van der Waals surface area contributed by atoms with Crippen LogP contribution in [0.3, 0.4) is 0 Å². The third-order valence-electron chi connectivity index (χ3n) is 3.94. The molecular weight excluding hydrogens is 371 g/mol. The Morgan fingerprint density at radius 3 is 2.54 bits per heavy atom. The maximum atomic E-state index is 13.7. The smallest absolute Gasteiger partial charge is 0.270 e. The van der Waals surface area contributed by atoms with Crippen molar-refractivity contribution < 1.29 is 22.7 Å². The highest BCUT2D eigenvalue weighted by atomic mass is 19.2. The maximum Gasteiger partial charge on any atom is 0.270 e. The topological polar surface area (TPSA) is 63.2 Å². The number of methoxy groups -OCH3 is 1. The van der Waals surface area contributed by atoms with Gasteiger partial charge in [-0.25, -0.2) is 18.2 Å². The molecule has 0 aliphatic carbocycles. The van der Waals surface area contributed by atoms with Crippen LogP contribution in [-0.4, -0.2) is 18.0 Å². The number of nitrogens with one attached hydrogen (secondary N) is 2. The van der Waals surface area contributed by atoms with Gasteiger partial charge in [0.05, 0.1) is 24.7 Å². The number of rotatable bonds is 6. The Labute approximate surface area is 159 Å². The van der Waals surface area contributed by atoms with Gasteiger partial charge in [0.2, 0.25) is 0 Å². The van der Waals surface area contributed by atoms with E-state index in [1.54, 1.807) is 13.2 Å². The van der Waals surface area contributed by atoms with Crippen LogP contribution < -0.4 is 15.4 Å². The molecule has 0 saturated heterocycles. The van der Waals surface area contributed by atoms with E-state index >= 15 is 0 Å². The monoisotopic (exact) mass is 387 g/mol. The number of benzene rings is 2. The van der Waals surface area contributed by atoms with Gasteiger partial charge in [0, 0.05) is 12.1 Å². The number of hydrogen-bond donors (Lipinski definition) is 2. The molecule has 3 rings (SSSR count). The van der Waals surface area contributed by atoms with E-state index in [0.29, 0.717) is 11.4 Å². The number of para-hydroxylation sites is 1. The Balaban J connectivity index is 1.65. The summed E-state index contributed by atoms with van der Waals surface area (Å²) in [6, 6.07) is 12.1. The number of amides is 1. The zero-order valence-corrected chi connectivity index (χ0v) is 14.8. The highest BCUT2D eigenvalue weighted by Gasteiger charge is 2.14. The lowest BCUT2D eigenvalue weighted by atomic mass is 10.2. The van der Waals surface area contributed by atoms with Gasteiger partial charge in [0.25, 0.3) is 5.91 Å². The number of carbonyl (C=O) groups is 1. The van der Waals surface area contributed by atoms with Crippen molar-refractivity contribution in [1.82, 2.24) is 10.3 Å². The zero-order valence-electron chi connectivity index (χ0n) is 14.8. The quantitative estimate of drug-likeness (QED) is 0.623. The normalized spacial score (nSPS) is 10.4. The minimum atomic E-state index is -1.56. The molecule has 3 aromatic rings. The molecule has 144 valence electrons. The van der Waals surface area contributed by atoms with Gasteiger partial charge in [-0.2, -0.15) is 0 Å². The van der Waals surface area contributed by atoms with E-state index in [4.69, 9.17) is 4.74 Å². The van der Waals surface area contributed by atoms with Crippen LogP contribution in [-0.2, 0) is 6.54 Å². The Kier molecular flexibility index (Phi) is 5.78. The summed E-state index contributed by atoms with van der Waals surface area (Å²) in [4.78, 5) is 16.2. The minimum absolute atomic E-state index is 0.145. The number of halogens is 3. The van der Waals surface area contributed by atoms with E-state index in [1.807, 2.05) is 18.2 Å². The van der Waals surface area contributed by atoms with Crippen LogP contribution >= 0.6 is 0 Å². The van der Waals surface area contributed by atoms with Gasteiger partial charge < -0.3 is 15.4 Å². The molecule has 5 nitrogen and oxygen atoms in total. The van der Waals surface area contributed by atoms with Crippen molar-refractivity contribution in [2.24, 2.45) is 0 Å². The molecule has 0 saturated carbocycles. The van der Waals surface area contributed by atoms with Gasteiger partial charge in [-0.1, -0.05) is 18.2 Å². The molecule has 0 fully saturated rings. The molecule has 1 amide bonds. The van der Waals surface area contributed by atoms with Gasteiger partial charge in [-0.05, 0) is 30.3 Å². The summed E-state index contributed by atoms with van der Waals surface area (Å²) in [5.74, 6) is -3.92. The average molecular weight is 387 g/mol. The standard InChI is InChI=1S/C20H16F3N3O2/c1-28-17-5-3-2-4-12(17)10-25-20(27)16-8-6-13(11-24-16)26-15-9-7-14(21)18(22)19(15)23/h2-9,11,26H,10H2,1H3,(H,25,27). The summed E-state index contributed by atoms with van der Waals surface area (Å²) in [6.07, 6.45) is 1.29. The molecule has 1 heterocycles. The summed E-state index contributed by atoms with van der Waals surface area (Å²) in [6.45, 7) is 0.255. The summed E-state index contributed by atoms with van der Waals surface area (Å²) >= 11 is 0. The molecule has 0 bridgehead atoms. The Bertz CT molecular complexity index is 994. The molecular formula is C20H16F3N3O2. The number of nitrogens with zero attached hydrogens (tertiary/aromatic N) is 1. The number of carbonyl (C=O) groups excluding carboxylic acids is 1. The van der Waals surface area contributed by atoms with Crippen molar-refractivity contribution in [3.63, 3.8) is 0 Å². The van der Waals surface area contributed by atoms with Crippen LogP contribution in [0.1, 0.15) is 16.1 Å². The van der Waals surface area contributed by atoms with Crippen molar-refractivity contribution in [3.8, 4) is 5.75 Å². The molecule has 2 N–H and O–H groups in total. The second-order valence-corrected chi connectivity index (χ2v) is 5.77. The van der Waals surface area contributed by atoms with Crippen LogP contribution in [0.15, 0.2) is 54.7 Å². The van der Waals surface area contributed by atoms with Crippen molar-refractivity contribution in [2.45, 2.75) is 6.54 Å². The first-order valence-corrected chi connectivity index (χ1v) is 8.26. The minimum Gasteiger partial charge on any atom is -0.496 e. The van der Waals surface area contributed by atoms with E-state index in [2.05, 4.69) is 15.6 Å². The average Bonchev–Trinajstić information content (AvgIpc) is 2.73. The van der Waals surface area contributed by atoms with Crippen LogP contribution in [0, 0.1) is 17.5 Å². The summed E-state index contributed by atoms with van der Waals surface area (Å²) in [7, 11) is 1.55. The second-order valence-electron chi connectivity index (χ2n) is 5.77. The number of anilines is 2. The Hall–Kier alpha value is -3.55. The fourth-order valence-electron chi connectivity index (χ4n) is 2.50. The van der Waals surface area contributed by atoms with E-state index in [1.165, 1.54) is 18.3 Å². The number of ether oxygens (including phenoxy) is 1. The van der Waals surface area contributed by atoms with Crippen molar-refractivity contribution >= 4 is 17.3 Å². The van der Waals surface area contributed by atoms with Gasteiger partial charge in [0.15, 0.2) is 17.5 Å². The molecule has 0 atom stereocenters. The number of pyridine rings is 1. The van der Waals surface area contributed by atoms with Gasteiger partial charge in [-0.3, -0.25) is 4.79 Å². The lowest BCUT2D eigenvalue weighted by Crippen LogP contribution is -2.24. The highest BCUT2D eigenvalue weighted by Crippen LogP contribution is 2.23. The fourth-order valence-corrected chi connectivity index (χ4v) is 2.50. The molecule has 0 aliphatic rings. The highest BCUT2D eigenvalue weighted by molar-refractivity contribution is 5.92. The van der Waals surface area contributed by atoms with Crippen LogP contribution in [0.5, 0.6) is 5.75 Å². The first kappa shape index (κ1) is 19.2. The SMILES string of the molecule is COc1ccccc1CNC(=O)c1ccc(Nc2ccc(F)c(F)c2F)cn1. The first-order chi connectivity index (χ1) is 13.5. The van der Waals surface area contributed by atoms with Gasteiger partial charge >= 0.3 is 0 Å². The lowest BCUT2D eigenvalue weighted by molar-refractivity contribution is 0.0945. The molecule has 0 radical (unpaired) electrons. The number of aromatic nitrogens is 1. The summed E-state index contributed by atoms with van der Waals surface area (Å²) < 4.78 is 45.2. The molecule has 0 unspecified atom stereocenters. The van der Waals surface area contributed by atoms with E-state index in [0.717, 1.165) is 17.7 Å². The van der Waals surface area contributed by atoms with Gasteiger partial charge in [-0.15, -0.1) is 0 Å². The lowest BCUT2D eigenvalue weighted by Gasteiger charge is -2.10. The largest absolute Gasteiger partial charge is 0.496 e. The van der Waals surface area contributed by atoms with E-state index in [9.17, 15) is 18.0 Å². The predicted molar refractivity (Wildman–Crippen MR) is 98.0 cm³/mol. The van der Waals surface area contributed by atoms with Crippen LogP contribution in [0.4, 0.5) is 24.5 Å². The third-order valence-corrected chi connectivity index (χ3v) is 3.94. The molecule has 8 heteroatoms. The van der Waals surface area contributed by atoms with E-state index in [-0.39, 0.29) is 17.9 Å². The molecule has 2 aromatic carbocycles. The predicted octanol–water partition coefficient (Wildman–Crippen LogP) is 4.18. The molecule has 0 aliphatic heterocycles. The number of hydrogen-bond acceptors (Lipinski definition) is 4. The molecule has 0 spiro atoms. The van der Waals surface area contributed by atoms with Crippen molar-refractivity contribution in [2.75, 3.05) is 12.4 Å². The van der Waals surface area contributed by atoms with E-state index < -0.39 is 23.4 Å². The van der Waals surface area contributed by atoms with Crippen molar-refractivity contribution in [1.29, 1.82) is 0 Å². The van der Waals surface area contributed by atoms with Crippen molar-refractivity contribution in [3.05, 3.63) is 83.4 Å². The maximum absolute atomic E-state index is 13.7. The molecule has 28 heavy (non-hydrogen) atoms. The summed E-state index contributed by atoms with van der Waals surface area (Å²) in [5.41, 5.74) is 1.02. The van der Waals surface area contributed by atoms with Gasteiger partial charge in [0.1, 0.15) is 11.4 Å². The first-order valence-electron chi connectivity index (χ1n) is 8.26. The Morgan fingerprint density at radius 1 is 1.04 bits per heavy atom. The second kappa shape index (κ2) is 8.43. The summed E-state index contributed by atoms with van der Waals surface area (Å²) in [5, 5.41) is 5.32.